The first-order valence-electron chi connectivity index (χ1n) is 4.69. The van der Waals surface area contributed by atoms with Crippen LogP contribution in [0.15, 0.2) is 0 Å². The number of carbonyl (C=O) groups excluding carboxylic acids is 1. The van der Waals surface area contributed by atoms with Crippen LogP contribution in [0.5, 0.6) is 0 Å². The van der Waals surface area contributed by atoms with Crippen LogP contribution in [0.3, 0.4) is 0 Å². The summed E-state index contributed by atoms with van der Waals surface area (Å²) in [5, 5.41) is 3.32. The molecule has 2 aliphatic rings. The number of esters is 1. The minimum absolute atomic E-state index is 0.0683. The highest BCUT2D eigenvalue weighted by Crippen LogP contribution is 2.31. The van der Waals surface area contributed by atoms with E-state index >= 15 is 0 Å². The van der Waals surface area contributed by atoms with E-state index < -0.39 is 0 Å². The Morgan fingerprint density at radius 2 is 2.46 bits per heavy atom. The van der Waals surface area contributed by atoms with Crippen LogP contribution in [-0.2, 0) is 14.3 Å². The number of hydrogen-bond acceptors (Lipinski definition) is 4. The summed E-state index contributed by atoms with van der Waals surface area (Å²) in [5.74, 6) is -0.149. The molecule has 0 aromatic carbocycles. The molecule has 2 fully saturated rings. The van der Waals surface area contributed by atoms with Gasteiger partial charge in [-0.3, -0.25) is 10.1 Å². The summed E-state index contributed by atoms with van der Waals surface area (Å²) in [4.78, 5) is 11.2. The van der Waals surface area contributed by atoms with Crippen molar-refractivity contribution in [3.8, 4) is 0 Å². The number of ether oxygens (including phenoxy) is 2. The topological polar surface area (TPSA) is 47.6 Å². The second-order valence-electron chi connectivity index (χ2n) is 3.84. The Bertz CT molecular complexity index is 211. The van der Waals surface area contributed by atoms with Crippen molar-refractivity contribution in [2.24, 2.45) is 0 Å². The Labute approximate surface area is 77.6 Å². The second kappa shape index (κ2) is 3.27. The number of hydrogen-bond donors (Lipinski definition) is 1. The van der Waals surface area contributed by atoms with Gasteiger partial charge in [0, 0.05) is 12.1 Å². The third-order valence-electron chi connectivity index (χ3n) is 2.98. The predicted molar refractivity (Wildman–Crippen MR) is 46.3 cm³/mol. The van der Waals surface area contributed by atoms with Crippen LogP contribution in [0, 0.1) is 0 Å². The first-order valence-corrected chi connectivity index (χ1v) is 4.69. The van der Waals surface area contributed by atoms with E-state index in [-0.39, 0.29) is 17.6 Å². The Morgan fingerprint density at radius 3 is 3.08 bits per heavy atom. The number of carbonyl (C=O) groups is 1. The fraction of sp³-hybridized carbons (Fsp3) is 0.889. The zero-order valence-corrected chi connectivity index (χ0v) is 7.84. The zero-order valence-electron chi connectivity index (χ0n) is 7.84. The fourth-order valence-electron chi connectivity index (χ4n) is 2.17. The highest BCUT2D eigenvalue weighted by Gasteiger charge is 2.43. The van der Waals surface area contributed by atoms with Crippen LogP contribution in [0.25, 0.3) is 0 Å². The summed E-state index contributed by atoms with van der Waals surface area (Å²) in [5.41, 5.74) is 0.0683. The molecule has 74 valence electrons. The van der Waals surface area contributed by atoms with Crippen LogP contribution in [-0.4, -0.2) is 37.9 Å². The summed E-state index contributed by atoms with van der Waals surface area (Å²) in [6.07, 6.45) is 2.91. The van der Waals surface area contributed by atoms with E-state index in [1.165, 1.54) is 7.11 Å². The van der Waals surface area contributed by atoms with Gasteiger partial charge in [-0.15, -0.1) is 0 Å². The molecule has 2 atom stereocenters. The lowest BCUT2D eigenvalue weighted by Crippen LogP contribution is -2.46. The minimum atomic E-state index is -0.149. The molecule has 2 aliphatic heterocycles. The summed E-state index contributed by atoms with van der Waals surface area (Å²) in [6.45, 7) is 1.54. The van der Waals surface area contributed by atoms with Crippen molar-refractivity contribution in [3.05, 3.63) is 0 Å². The molecule has 2 rings (SSSR count). The van der Waals surface area contributed by atoms with Gasteiger partial charge in [-0.25, -0.2) is 0 Å². The number of methoxy groups -OCH3 is 1. The van der Waals surface area contributed by atoms with E-state index in [2.05, 4.69) is 5.32 Å². The van der Waals surface area contributed by atoms with Gasteiger partial charge in [0.2, 0.25) is 0 Å². The van der Waals surface area contributed by atoms with Gasteiger partial charge in [0.05, 0.1) is 13.7 Å². The lowest BCUT2D eigenvalue weighted by molar-refractivity contribution is -0.142. The largest absolute Gasteiger partial charge is 0.468 e. The van der Waals surface area contributed by atoms with E-state index in [1.807, 2.05) is 0 Å². The van der Waals surface area contributed by atoms with Gasteiger partial charge in [-0.2, -0.15) is 0 Å². The molecule has 0 aromatic heterocycles. The van der Waals surface area contributed by atoms with Crippen LogP contribution in [0.2, 0.25) is 0 Å². The van der Waals surface area contributed by atoms with Crippen molar-refractivity contribution in [2.75, 3.05) is 20.3 Å². The van der Waals surface area contributed by atoms with Gasteiger partial charge >= 0.3 is 5.97 Å². The molecule has 13 heavy (non-hydrogen) atoms. The molecule has 0 bridgehead atoms. The molecule has 0 aliphatic carbocycles. The molecule has 2 heterocycles. The van der Waals surface area contributed by atoms with Crippen molar-refractivity contribution >= 4 is 5.97 Å². The zero-order chi connectivity index (χ0) is 9.31. The smallest absolute Gasteiger partial charge is 0.322 e. The lowest BCUT2D eigenvalue weighted by Gasteiger charge is -2.22. The molecule has 0 radical (unpaired) electrons. The van der Waals surface area contributed by atoms with Crippen LogP contribution >= 0.6 is 0 Å². The third kappa shape index (κ3) is 1.56. The van der Waals surface area contributed by atoms with Gasteiger partial charge < -0.3 is 9.47 Å². The van der Waals surface area contributed by atoms with Crippen LogP contribution in [0.4, 0.5) is 0 Å². The molecule has 2 saturated heterocycles. The minimum Gasteiger partial charge on any atom is -0.468 e. The van der Waals surface area contributed by atoms with E-state index in [9.17, 15) is 4.79 Å². The first kappa shape index (κ1) is 8.97. The SMILES string of the molecule is COC(=O)C1CCC2(CCOC2)N1. The molecule has 1 spiro atoms. The van der Waals surface area contributed by atoms with E-state index in [4.69, 9.17) is 9.47 Å². The van der Waals surface area contributed by atoms with Crippen molar-refractivity contribution in [3.63, 3.8) is 0 Å². The average Bonchev–Trinajstić information content (AvgIpc) is 2.76. The molecular weight excluding hydrogens is 170 g/mol. The number of rotatable bonds is 1. The van der Waals surface area contributed by atoms with Crippen LogP contribution < -0.4 is 5.32 Å². The predicted octanol–water partition coefficient (Wildman–Crippen LogP) is 0.0705. The van der Waals surface area contributed by atoms with Crippen LogP contribution in [0.1, 0.15) is 19.3 Å². The number of nitrogens with one attached hydrogen (secondary N) is 1. The third-order valence-corrected chi connectivity index (χ3v) is 2.98. The molecule has 4 heteroatoms. The lowest BCUT2D eigenvalue weighted by atomic mass is 9.97. The van der Waals surface area contributed by atoms with Crippen molar-refractivity contribution in [1.82, 2.24) is 5.32 Å². The van der Waals surface area contributed by atoms with E-state index in [1.54, 1.807) is 0 Å². The summed E-state index contributed by atoms with van der Waals surface area (Å²) in [6, 6.07) is -0.119. The quantitative estimate of drug-likeness (QED) is 0.587. The highest BCUT2D eigenvalue weighted by atomic mass is 16.5. The molecule has 1 N–H and O–H groups in total. The molecule has 0 saturated carbocycles. The maximum absolute atomic E-state index is 11.2. The Hall–Kier alpha value is -0.610. The van der Waals surface area contributed by atoms with Crippen molar-refractivity contribution < 1.29 is 14.3 Å². The van der Waals surface area contributed by atoms with Gasteiger partial charge in [-0.1, -0.05) is 0 Å². The standard InChI is InChI=1S/C9H15NO3/c1-12-8(11)7-2-3-9(10-7)4-5-13-6-9/h7,10H,2-6H2,1H3. The van der Waals surface area contributed by atoms with Gasteiger partial charge in [-0.05, 0) is 19.3 Å². The Morgan fingerprint density at radius 1 is 1.62 bits per heavy atom. The van der Waals surface area contributed by atoms with Crippen molar-refractivity contribution in [2.45, 2.75) is 30.8 Å². The summed E-state index contributed by atoms with van der Waals surface area (Å²) >= 11 is 0. The Kier molecular flexibility index (Phi) is 2.26. The highest BCUT2D eigenvalue weighted by molar-refractivity contribution is 5.76. The molecule has 0 amide bonds. The van der Waals surface area contributed by atoms with Crippen molar-refractivity contribution in [1.29, 1.82) is 0 Å². The summed E-state index contributed by atoms with van der Waals surface area (Å²) in [7, 11) is 1.43. The fourth-order valence-corrected chi connectivity index (χ4v) is 2.17. The maximum atomic E-state index is 11.2. The molecular formula is C9H15NO3. The molecule has 2 unspecified atom stereocenters. The second-order valence-corrected chi connectivity index (χ2v) is 3.84. The average molecular weight is 185 g/mol. The Balaban J connectivity index is 1.96. The van der Waals surface area contributed by atoms with Gasteiger partial charge in [0.25, 0.3) is 0 Å². The molecule has 0 aromatic rings. The normalized spacial score (nSPS) is 38.4. The van der Waals surface area contributed by atoms with E-state index in [0.717, 1.165) is 32.5 Å². The first-order chi connectivity index (χ1) is 6.26. The summed E-state index contributed by atoms with van der Waals surface area (Å²) < 4.78 is 10.0. The van der Waals surface area contributed by atoms with E-state index in [0.29, 0.717) is 0 Å². The van der Waals surface area contributed by atoms with Gasteiger partial charge in [0.15, 0.2) is 0 Å². The monoisotopic (exact) mass is 185 g/mol. The van der Waals surface area contributed by atoms with Gasteiger partial charge in [0.1, 0.15) is 6.04 Å². The maximum Gasteiger partial charge on any atom is 0.322 e. The molecule has 4 nitrogen and oxygen atoms in total.